The van der Waals surface area contributed by atoms with Gasteiger partial charge in [0, 0.05) is 0 Å². The van der Waals surface area contributed by atoms with E-state index < -0.39 is 0 Å². The van der Waals surface area contributed by atoms with Crippen LogP contribution < -0.4 is 0 Å². The van der Waals surface area contributed by atoms with Gasteiger partial charge in [-0.05, 0) is 23.5 Å². The molecule has 0 aliphatic heterocycles. The summed E-state index contributed by atoms with van der Waals surface area (Å²) in [5, 5.41) is 0. The Bertz CT molecular complexity index is 218. The normalized spacial score (nSPS) is 9.85. The quantitative estimate of drug-likeness (QED) is 0.643. The zero-order valence-electron chi connectivity index (χ0n) is 8.30. The summed E-state index contributed by atoms with van der Waals surface area (Å²) in [5.41, 5.74) is 2.90. The van der Waals surface area contributed by atoms with Gasteiger partial charge in [0.2, 0.25) is 0 Å². The van der Waals surface area contributed by atoms with Crippen molar-refractivity contribution < 1.29 is 0 Å². The number of hydrogen-bond acceptors (Lipinski definition) is 0. The molecule has 0 aliphatic rings. The molecule has 0 fully saturated rings. The van der Waals surface area contributed by atoms with Gasteiger partial charge in [-0.2, -0.15) is 0 Å². The Labute approximate surface area is 83.0 Å². The van der Waals surface area contributed by atoms with E-state index in [0.717, 1.165) is 0 Å². The molecule has 0 spiro atoms. The molecule has 0 saturated carbocycles. The molecule has 1 aromatic carbocycles. The number of hydrogen-bond donors (Lipinski definition) is 0. The summed E-state index contributed by atoms with van der Waals surface area (Å²) in [5.74, 6) is 0.653. The molecule has 0 amide bonds. The maximum absolute atomic E-state index is 2.25. The van der Waals surface area contributed by atoms with Gasteiger partial charge in [-0.3, -0.25) is 0 Å². The first kappa shape index (κ1) is 12.2. The summed E-state index contributed by atoms with van der Waals surface area (Å²) in [7, 11) is 0. The number of aryl methyl sites for hydroxylation is 1. The summed E-state index contributed by atoms with van der Waals surface area (Å²) < 4.78 is 0. The average Bonchev–Trinajstić information content (AvgIpc) is 2.06. The minimum absolute atomic E-state index is 0. The van der Waals surface area contributed by atoms with Gasteiger partial charge in [0.1, 0.15) is 0 Å². The van der Waals surface area contributed by atoms with Crippen LogP contribution in [0.1, 0.15) is 51.7 Å². The van der Waals surface area contributed by atoms with E-state index in [0.29, 0.717) is 5.92 Å². The van der Waals surface area contributed by atoms with Crippen LogP contribution in [0.15, 0.2) is 24.3 Å². The molecule has 0 radical (unpaired) electrons. The van der Waals surface area contributed by atoms with E-state index in [9.17, 15) is 0 Å². The molecule has 0 unspecified atom stereocenters. The van der Waals surface area contributed by atoms with Gasteiger partial charge in [0.15, 0.2) is 0 Å². The summed E-state index contributed by atoms with van der Waals surface area (Å²) in [6.07, 6.45) is 2.44. The summed E-state index contributed by atoms with van der Waals surface area (Å²) in [4.78, 5) is 0. The van der Waals surface area contributed by atoms with Gasteiger partial charge in [-0.15, -0.1) is 0 Å². The Morgan fingerprint density at radius 2 is 1.62 bits per heavy atom. The van der Waals surface area contributed by atoms with Gasteiger partial charge < -0.3 is 0 Å². The molecule has 0 bridgehead atoms. The van der Waals surface area contributed by atoms with Gasteiger partial charge in [-0.1, -0.05) is 58.9 Å². The first-order valence-electron chi connectivity index (χ1n) is 4.83. The highest BCUT2D eigenvalue weighted by atomic mass is 14.0. The number of benzene rings is 1. The Morgan fingerprint density at radius 3 is 2.00 bits per heavy atom. The van der Waals surface area contributed by atoms with Crippen LogP contribution in [0.4, 0.5) is 0 Å². The minimum Gasteiger partial charge on any atom is -0.0776 e. The molecule has 0 heteroatoms. The molecule has 0 N–H and O–H groups in total. The molecule has 0 saturated heterocycles. The summed E-state index contributed by atoms with van der Waals surface area (Å²) in [6.45, 7) is 6.68. The van der Waals surface area contributed by atoms with Crippen LogP contribution in [0.25, 0.3) is 0 Å². The molecule has 1 aromatic rings. The van der Waals surface area contributed by atoms with Gasteiger partial charge in [0.25, 0.3) is 0 Å². The number of rotatable bonds is 3. The Morgan fingerprint density at radius 1 is 1.08 bits per heavy atom. The van der Waals surface area contributed by atoms with Gasteiger partial charge in [-0.25, -0.2) is 0 Å². The van der Waals surface area contributed by atoms with Crippen LogP contribution in [-0.4, -0.2) is 0 Å². The molecular formula is C13H22. The predicted octanol–water partition coefficient (Wildman–Crippen LogP) is 4.40. The van der Waals surface area contributed by atoms with Crippen molar-refractivity contribution in [2.75, 3.05) is 0 Å². The zero-order valence-corrected chi connectivity index (χ0v) is 8.30. The molecule has 74 valence electrons. The first-order valence-corrected chi connectivity index (χ1v) is 4.83. The van der Waals surface area contributed by atoms with Crippen LogP contribution in [-0.2, 0) is 6.42 Å². The maximum atomic E-state index is 2.25. The van der Waals surface area contributed by atoms with Crippen molar-refractivity contribution in [3.8, 4) is 0 Å². The van der Waals surface area contributed by atoms with Crippen molar-refractivity contribution in [2.24, 2.45) is 0 Å². The first-order chi connectivity index (χ1) is 5.74. The fourth-order valence-electron chi connectivity index (χ4n) is 1.36. The smallest absolute Gasteiger partial charge is 0.0219 e. The van der Waals surface area contributed by atoms with Crippen molar-refractivity contribution in [1.29, 1.82) is 0 Å². The van der Waals surface area contributed by atoms with Crippen LogP contribution >= 0.6 is 0 Å². The lowest BCUT2D eigenvalue weighted by Crippen LogP contribution is -1.88. The third-order valence-electron chi connectivity index (χ3n) is 2.19. The van der Waals surface area contributed by atoms with Crippen LogP contribution in [0, 0.1) is 0 Å². The second-order valence-corrected chi connectivity index (χ2v) is 3.65. The SMILES string of the molecule is C.CCCc1ccc(C(C)C)cc1. The second-order valence-electron chi connectivity index (χ2n) is 3.65. The highest BCUT2D eigenvalue weighted by Gasteiger charge is 1.97. The van der Waals surface area contributed by atoms with Crippen molar-refractivity contribution in [2.45, 2.75) is 47.0 Å². The average molecular weight is 178 g/mol. The highest BCUT2D eigenvalue weighted by Crippen LogP contribution is 2.15. The molecule has 0 atom stereocenters. The second kappa shape index (κ2) is 5.80. The summed E-state index contributed by atoms with van der Waals surface area (Å²) in [6, 6.07) is 8.99. The standard InChI is InChI=1S/C12H18.CH4/c1-4-5-11-6-8-12(9-7-11)10(2)3;/h6-10H,4-5H2,1-3H3;1H4. The lowest BCUT2D eigenvalue weighted by Gasteiger charge is -2.05. The van der Waals surface area contributed by atoms with E-state index in [-0.39, 0.29) is 7.43 Å². The molecule has 0 aromatic heterocycles. The Balaban J connectivity index is 0.00000144. The molecular weight excluding hydrogens is 156 g/mol. The van der Waals surface area contributed by atoms with Crippen molar-refractivity contribution in [1.82, 2.24) is 0 Å². The van der Waals surface area contributed by atoms with E-state index in [1.165, 1.54) is 24.0 Å². The third-order valence-corrected chi connectivity index (χ3v) is 2.19. The molecule has 1 rings (SSSR count). The highest BCUT2D eigenvalue weighted by molar-refractivity contribution is 5.24. The maximum Gasteiger partial charge on any atom is -0.0219 e. The van der Waals surface area contributed by atoms with E-state index in [2.05, 4.69) is 45.0 Å². The summed E-state index contributed by atoms with van der Waals surface area (Å²) >= 11 is 0. The van der Waals surface area contributed by atoms with Gasteiger partial charge in [0.05, 0.1) is 0 Å². The Kier molecular flexibility index (Phi) is 5.45. The zero-order chi connectivity index (χ0) is 8.97. The fourth-order valence-corrected chi connectivity index (χ4v) is 1.36. The molecule has 0 aliphatic carbocycles. The van der Waals surface area contributed by atoms with Crippen LogP contribution in [0.2, 0.25) is 0 Å². The minimum atomic E-state index is 0. The van der Waals surface area contributed by atoms with Gasteiger partial charge >= 0.3 is 0 Å². The molecule has 13 heavy (non-hydrogen) atoms. The van der Waals surface area contributed by atoms with Crippen molar-refractivity contribution >= 4 is 0 Å². The topological polar surface area (TPSA) is 0 Å². The fraction of sp³-hybridized carbons (Fsp3) is 0.538. The van der Waals surface area contributed by atoms with Crippen molar-refractivity contribution in [3.05, 3.63) is 35.4 Å². The van der Waals surface area contributed by atoms with Crippen molar-refractivity contribution in [3.63, 3.8) is 0 Å². The monoisotopic (exact) mass is 178 g/mol. The van der Waals surface area contributed by atoms with E-state index in [1.54, 1.807) is 0 Å². The third kappa shape index (κ3) is 3.63. The van der Waals surface area contributed by atoms with E-state index in [4.69, 9.17) is 0 Å². The van der Waals surface area contributed by atoms with E-state index in [1.807, 2.05) is 0 Å². The van der Waals surface area contributed by atoms with E-state index >= 15 is 0 Å². The van der Waals surface area contributed by atoms with Crippen LogP contribution in [0.5, 0.6) is 0 Å². The Hall–Kier alpha value is -0.780. The molecule has 0 nitrogen and oxygen atoms in total. The lowest BCUT2D eigenvalue weighted by molar-refractivity contribution is 0.861. The largest absolute Gasteiger partial charge is 0.0776 e. The predicted molar refractivity (Wildman–Crippen MR) is 61.3 cm³/mol. The lowest BCUT2D eigenvalue weighted by atomic mass is 10.0. The molecule has 0 heterocycles. The van der Waals surface area contributed by atoms with Crippen LogP contribution in [0.3, 0.4) is 0 Å².